The first kappa shape index (κ1) is 11.4. The standard InChI is InChI=1S/C13H15N3O/c1-17-10-6-4-9(5-7-10)12(14)11-3-2-8-16-13(11)15/h2-8,12H,14H2,1H3,(H2,15,16). The topological polar surface area (TPSA) is 74.2 Å². The summed E-state index contributed by atoms with van der Waals surface area (Å²) < 4.78 is 5.10. The number of hydrogen-bond donors (Lipinski definition) is 2. The van der Waals surface area contributed by atoms with E-state index in [4.69, 9.17) is 16.2 Å². The molecule has 1 heterocycles. The summed E-state index contributed by atoms with van der Waals surface area (Å²) in [5, 5.41) is 0. The van der Waals surface area contributed by atoms with Gasteiger partial charge in [0.05, 0.1) is 13.2 Å². The molecule has 1 unspecified atom stereocenters. The molecule has 0 bridgehead atoms. The summed E-state index contributed by atoms with van der Waals surface area (Å²) >= 11 is 0. The van der Waals surface area contributed by atoms with Crippen LogP contribution in [0.25, 0.3) is 0 Å². The van der Waals surface area contributed by atoms with Crippen LogP contribution in [0.15, 0.2) is 42.6 Å². The predicted octanol–water partition coefficient (Wildman–Crippen LogP) is 1.72. The summed E-state index contributed by atoms with van der Waals surface area (Å²) in [5.41, 5.74) is 13.8. The van der Waals surface area contributed by atoms with Crippen LogP contribution in [0, 0.1) is 0 Å². The minimum absolute atomic E-state index is 0.269. The van der Waals surface area contributed by atoms with Gasteiger partial charge in [-0.25, -0.2) is 4.98 Å². The van der Waals surface area contributed by atoms with Gasteiger partial charge in [0.2, 0.25) is 0 Å². The second kappa shape index (κ2) is 4.84. The van der Waals surface area contributed by atoms with Crippen LogP contribution in [0.1, 0.15) is 17.2 Å². The lowest BCUT2D eigenvalue weighted by molar-refractivity contribution is 0.414. The molecule has 0 radical (unpaired) electrons. The lowest BCUT2D eigenvalue weighted by Crippen LogP contribution is -2.14. The second-order valence-electron chi connectivity index (χ2n) is 3.73. The highest BCUT2D eigenvalue weighted by atomic mass is 16.5. The quantitative estimate of drug-likeness (QED) is 0.840. The Morgan fingerprint density at radius 1 is 1.18 bits per heavy atom. The number of ether oxygens (including phenoxy) is 1. The first-order valence-electron chi connectivity index (χ1n) is 5.32. The molecule has 0 aliphatic rings. The molecule has 2 rings (SSSR count). The van der Waals surface area contributed by atoms with Crippen molar-refractivity contribution in [1.29, 1.82) is 0 Å². The highest BCUT2D eigenvalue weighted by Gasteiger charge is 2.12. The molecule has 0 fully saturated rings. The SMILES string of the molecule is COc1ccc(C(N)c2cccnc2N)cc1. The van der Waals surface area contributed by atoms with E-state index in [-0.39, 0.29) is 6.04 Å². The molecule has 0 aliphatic carbocycles. The molecule has 0 saturated heterocycles. The maximum Gasteiger partial charge on any atom is 0.128 e. The summed E-state index contributed by atoms with van der Waals surface area (Å²) in [5.74, 6) is 1.27. The number of nitrogens with two attached hydrogens (primary N) is 2. The van der Waals surface area contributed by atoms with Crippen molar-refractivity contribution < 1.29 is 4.74 Å². The Labute approximate surface area is 100 Å². The molecule has 1 atom stereocenters. The number of pyridine rings is 1. The number of methoxy groups -OCH3 is 1. The van der Waals surface area contributed by atoms with E-state index in [2.05, 4.69) is 4.98 Å². The summed E-state index contributed by atoms with van der Waals surface area (Å²) in [6.07, 6.45) is 1.65. The third kappa shape index (κ3) is 2.37. The largest absolute Gasteiger partial charge is 0.497 e. The highest BCUT2D eigenvalue weighted by Crippen LogP contribution is 2.24. The maximum absolute atomic E-state index is 6.15. The second-order valence-corrected chi connectivity index (χ2v) is 3.73. The molecule has 4 nitrogen and oxygen atoms in total. The fourth-order valence-corrected chi connectivity index (χ4v) is 1.68. The van der Waals surface area contributed by atoms with E-state index in [9.17, 15) is 0 Å². The average Bonchev–Trinajstić information content (AvgIpc) is 2.39. The van der Waals surface area contributed by atoms with E-state index < -0.39 is 0 Å². The predicted molar refractivity (Wildman–Crippen MR) is 67.7 cm³/mol. The third-order valence-electron chi connectivity index (χ3n) is 2.68. The Kier molecular flexibility index (Phi) is 3.25. The van der Waals surface area contributed by atoms with Crippen molar-refractivity contribution in [2.45, 2.75) is 6.04 Å². The van der Waals surface area contributed by atoms with Gasteiger partial charge in [-0.2, -0.15) is 0 Å². The minimum atomic E-state index is -0.269. The molecule has 2 aromatic rings. The fraction of sp³-hybridized carbons (Fsp3) is 0.154. The summed E-state index contributed by atoms with van der Waals surface area (Å²) in [6.45, 7) is 0. The lowest BCUT2D eigenvalue weighted by atomic mass is 10.0. The fourth-order valence-electron chi connectivity index (χ4n) is 1.68. The zero-order valence-electron chi connectivity index (χ0n) is 9.63. The number of rotatable bonds is 3. The van der Waals surface area contributed by atoms with Gasteiger partial charge in [0.1, 0.15) is 11.6 Å². The van der Waals surface area contributed by atoms with E-state index >= 15 is 0 Å². The van der Waals surface area contributed by atoms with Crippen molar-refractivity contribution in [2.24, 2.45) is 5.73 Å². The molecule has 0 spiro atoms. The van der Waals surface area contributed by atoms with Gasteiger partial charge >= 0.3 is 0 Å². The molecule has 1 aromatic heterocycles. The van der Waals surface area contributed by atoms with E-state index in [1.54, 1.807) is 13.3 Å². The Morgan fingerprint density at radius 2 is 1.88 bits per heavy atom. The van der Waals surface area contributed by atoms with E-state index in [0.29, 0.717) is 5.82 Å². The van der Waals surface area contributed by atoms with Crippen LogP contribution in [-0.4, -0.2) is 12.1 Å². The molecule has 0 aliphatic heterocycles. The van der Waals surface area contributed by atoms with Crippen LogP contribution >= 0.6 is 0 Å². The van der Waals surface area contributed by atoms with Gasteiger partial charge in [-0.1, -0.05) is 18.2 Å². The molecule has 1 aromatic carbocycles. The van der Waals surface area contributed by atoms with Crippen LogP contribution in [0.2, 0.25) is 0 Å². The number of nitrogens with zero attached hydrogens (tertiary/aromatic N) is 1. The zero-order chi connectivity index (χ0) is 12.3. The summed E-state index contributed by atoms with van der Waals surface area (Å²) in [6, 6.07) is 11.1. The first-order valence-corrected chi connectivity index (χ1v) is 5.32. The number of nitrogen functional groups attached to an aromatic ring is 1. The molecule has 0 amide bonds. The van der Waals surface area contributed by atoms with Gasteiger partial charge < -0.3 is 16.2 Å². The van der Waals surface area contributed by atoms with Crippen LogP contribution in [0.3, 0.4) is 0 Å². The lowest BCUT2D eigenvalue weighted by Gasteiger charge is -2.14. The molecular weight excluding hydrogens is 214 g/mol. The Morgan fingerprint density at radius 3 is 2.47 bits per heavy atom. The molecule has 4 N–H and O–H groups in total. The molecule has 88 valence electrons. The van der Waals surface area contributed by atoms with Crippen molar-refractivity contribution in [3.63, 3.8) is 0 Å². The van der Waals surface area contributed by atoms with Gasteiger partial charge in [0.25, 0.3) is 0 Å². The number of benzene rings is 1. The van der Waals surface area contributed by atoms with Crippen molar-refractivity contribution in [1.82, 2.24) is 4.98 Å². The number of aromatic nitrogens is 1. The van der Waals surface area contributed by atoms with Gasteiger partial charge in [-0.05, 0) is 23.8 Å². The monoisotopic (exact) mass is 229 g/mol. The number of hydrogen-bond acceptors (Lipinski definition) is 4. The average molecular weight is 229 g/mol. The maximum atomic E-state index is 6.15. The van der Waals surface area contributed by atoms with Crippen LogP contribution in [0.4, 0.5) is 5.82 Å². The number of anilines is 1. The highest BCUT2D eigenvalue weighted by molar-refractivity contribution is 5.45. The van der Waals surface area contributed by atoms with Crippen molar-refractivity contribution in [3.8, 4) is 5.75 Å². The van der Waals surface area contributed by atoms with Gasteiger partial charge in [0, 0.05) is 11.8 Å². The first-order chi connectivity index (χ1) is 8.22. The zero-order valence-corrected chi connectivity index (χ0v) is 9.63. The van der Waals surface area contributed by atoms with Gasteiger partial charge in [0.15, 0.2) is 0 Å². The van der Waals surface area contributed by atoms with Crippen LogP contribution < -0.4 is 16.2 Å². The third-order valence-corrected chi connectivity index (χ3v) is 2.68. The van der Waals surface area contributed by atoms with Crippen molar-refractivity contribution in [3.05, 3.63) is 53.7 Å². The van der Waals surface area contributed by atoms with Crippen LogP contribution in [0.5, 0.6) is 5.75 Å². The van der Waals surface area contributed by atoms with Crippen molar-refractivity contribution >= 4 is 5.82 Å². The minimum Gasteiger partial charge on any atom is -0.497 e. The smallest absolute Gasteiger partial charge is 0.128 e. The van der Waals surface area contributed by atoms with Crippen LogP contribution in [-0.2, 0) is 0 Å². The summed E-state index contributed by atoms with van der Waals surface area (Å²) in [4.78, 5) is 4.03. The van der Waals surface area contributed by atoms with E-state index in [1.807, 2.05) is 36.4 Å². The normalized spacial score (nSPS) is 12.1. The van der Waals surface area contributed by atoms with E-state index in [0.717, 1.165) is 16.9 Å². The molecule has 17 heavy (non-hydrogen) atoms. The van der Waals surface area contributed by atoms with Crippen molar-refractivity contribution in [2.75, 3.05) is 12.8 Å². The van der Waals surface area contributed by atoms with Gasteiger partial charge in [-0.15, -0.1) is 0 Å². The summed E-state index contributed by atoms with van der Waals surface area (Å²) in [7, 11) is 1.63. The Bertz CT molecular complexity index is 496. The Balaban J connectivity index is 2.30. The molecular formula is C13H15N3O. The molecule has 0 saturated carbocycles. The molecule has 4 heteroatoms. The Hall–Kier alpha value is -2.07. The van der Waals surface area contributed by atoms with E-state index in [1.165, 1.54) is 0 Å². The van der Waals surface area contributed by atoms with Gasteiger partial charge in [-0.3, -0.25) is 0 Å².